The van der Waals surface area contributed by atoms with Crippen LogP contribution in [0.2, 0.25) is 0 Å². The lowest BCUT2D eigenvalue weighted by Gasteiger charge is -2.26. The van der Waals surface area contributed by atoms with Gasteiger partial charge >= 0.3 is 5.97 Å². The van der Waals surface area contributed by atoms with E-state index in [0.717, 1.165) is 5.92 Å². The van der Waals surface area contributed by atoms with E-state index >= 15 is 0 Å². The molecule has 2 atom stereocenters. The Hall–Kier alpha value is -1.65. The van der Waals surface area contributed by atoms with Gasteiger partial charge in [0, 0.05) is 6.20 Å². The number of methoxy groups -OCH3 is 1. The molecular formula is C14H20N2O3. The van der Waals surface area contributed by atoms with Gasteiger partial charge in [0.25, 0.3) is 0 Å². The van der Waals surface area contributed by atoms with Crippen LogP contribution in [0.4, 0.5) is 0 Å². The minimum atomic E-state index is -0.465. The summed E-state index contributed by atoms with van der Waals surface area (Å²) in [5.74, 6) is 1.16. The van der Waals surface area contributed by atoms with Gasteiger partial charge in [-0.3, -0.25) is 0 Å². The van der Waals surface area contributed by atoms with Crippen molar-refractivity contribution in [2.45, 2.75) is 32.6 Å². The summed E-state index contributed by atoms with van der Waals surface area (Å²) in [7, 11) is 1.34. The molecule has 0 spiro atoms. The van der Waals surface area contributed by atoms with E-state index in [2.05, 4.69) is 21.6 Å². The molecule has 0 N–H and O–H groups in total. The van der Waals surface area contributed by atoms with E-state index in [1.165, 1.54) is 45.3 Å². The first kappa shape index (κ1) is 13.8. The van der Waals surface area contributed by atoms with Crippen LogP contribution in [0.3, 0.4) is 0 Å². The third-order valence-electron chi connectivity index (χ3n) is 3.58. The molecule has 0 aliphatic heterocycles. The van der Waals surface area contributed by atoms with Gasteiger partial charge in [0.2, 0.25) is 5.88 Å². The van der Waals surface area contributed by atoms with Gasteiger partial charge in [-0.1, -0.05) is 19.8 Å². The van der Waals surface area contributed by atoms with Crippen LogP contribution in [0.1, 0.15) is 43.0 Å². The molecule has 0 aromatic carbocycles. The van der Waals surface area contributed by atoms with E-state index in [9.17, 15) is 4.79 Å². The normalized spacial score (nSPS) is 22.8. The van der Waals surface area contributed by atoms with Crippen molar-refractivity contribution in [3.05, 3.63) is 18.1 Å². The quantitative estimate of drug-likeness (QED) is 0.782. The number of ether oxygens (including phenoxy) is 2. The summed E-state index contributed by atoms with van der Waals surface area (Å²) in [6.07, 6.45) is 7.73. The van der Waals surface area contributed by atoms with E-state index in [-0.39, 0.29) is 5.56 Å². The summed E-state index contributed by atoms with van der Waals surface area (Å²) in [6.45, 7) is 2.88. The molecule has 1 fully saturated rings. The Morgan fingerprint density at radius 1 is 1.47 bits per heavy atom. The van der Waals surface area contributed by atoms with Crippen molar-refractivity contribution in [2.75, 3.05) is 13.7 Å². The molecule has 2 rings (SSSR count). The zero-order chi connectivity index (χ0) is 13.7. The van der Waals surface area contributed by atoms with Crippen molar-refractivity contribution in [1.82, 2.24) is 9.97 Å². The first-order valence-electron chi connectivity index (χ1n) is 6.71. The van der Waals surface area contributed by atoms with Crippen LogP contribution < -0.4 is 4.74 Å². The first-order valence-corrected chi connectivity index (χ1v) is 6.71. The Bertz CT molecular complexity index is 436. The maximum Gasteiger partial charge on any atom is 0.344 e. The predicted molar refractivity (Wildman–Crippen MR) is 70.0 cm³/mol. The van der Waals surface area contributed by atoms with Gasteiger partial charge in [-0.15, -0.1) is 0 Å². The highest BCUT2D eigenvalue weighted by Crippen LogP contribution is 2.29. The Kier molecular flexibility index (Phi) is 4.71. The molecule has 5 nitrogen and oxygen atoms in total. The summed E-state index contributed by atoms with van der Waals surface area (Å²) in [5.41, 5.74) is 0.286. The zero-order valence-electron chi connectivity index (χ0n) is 11.5. The molecule has 2 unspecified atom stereocenters. The molecule has 0 radical (unpaired) electrons. The largest absolute Gasteiger partial charge is 0.477 e. The van der Waals surface area contributed by atoms with Gasteiger partial charge in [-0.2, -0.15) is 0 Å². The Morgan fingerprint density at radius 3 is 3.05 bits per heavy atom. The number of esters is 1. The van der Waals surface area contributed by atoms with E-state index in [1.807, 2.05) is 0 Å². The fourth-order valence-corrected chi connectivity index (χ4v) is 2.59. The molecule has 104 valence electrons. The van der Waals surface area contributed by atoms with E-state index in [0.29, 0.717) is 18.4 Å². The standard InChI is InChI=1S/C14H20N2O3/c1-10-4-3-5-11(6-10)8-19-13-12(14(17)18-2)7-15-9-16-13/h7,9-11H,3-6,8H2,1-2H3. The van der Waals surface area contributed by atoms with E-state index in [1.54, 1.807) is 0 Å². The van der Waals surface area contributed by atoms with Crippen molar-refractivity contribution in [3.8, 4) is 5.88 Å². The molecule has 1 aliphatic carbocycles. The number of rotatable bonds is 4. The van der Waals surface area contributed by atoms with Gasteiger partial charge in [-0.05, 0) is 24.7 Å². The van der Waals surface area contributed by atoms with Crippen LogP contribution in [-0.4, -0.2) is 29.7 Å². The molecule has 5 heteroatoms. The van der Waals surface area contributed by atoms with Crippen molar-refractivity contribution in [3.63, 3.8) is 0 Å². The van der Waals surface area contributed by atoms with Gasteiger partial charge in [0.05, 0.1) is 13.7 Å². The highest BCUT2D eigenvalue weighted by Gasteiger charge is 2.21. The smallest absolute Gasteiger partial charge is 0.344 e. The van der Waals surface area contributed by atoms with Crippen molar-refractivity contribution in [2.24, 2.45) is 11.8 Å². The van der Waals surface area contributed by atoms with Gasteiger partial charge in [0.1, 0.15) is 11.9 Å². The number of carbonyl (C=O) groups is 1. The highest BCUT2D eigenvalue weighted by atomic mass is 16.5. The lowest BCUT2D eigenvalue weighted by Crippen LogP contribution is -2.20. The fourth-order valence-electron chi connectivity index (χ4n) is 2.59. The maximum atomic E-state index is 11.6. The van der Waals surface area contributed by atoms with E-state index in [4.69, 9.17) is 4.74 Å². The summed E-state index contributed by atoms with van der Waals surface area (Å²) < 4.78 is 10.4. The number of hydrogen-bond acceptors (Lipinski definition) is 5. The zero-order valence-corrected chi connectivity index (χ0v) is 11.5. The van der Waals surface area contributed by atoms with Crippen molar-refractivity contribution in [1.29, 1.82) is 0 Å². The highest BCUT2D eigenvalue weighted by molar-refractivity contribution is 5.91. The second kappa shape index (κ2) is 6.50. The Morgan fingerprint density at radius 2 is 2.32 bits per heavy atom. The lowest BCUT2D eigenvalue weighted by molar-refractivity contribution is 0.0592. The van der Waals surface area contributed by atoms with Crippen LogP contribution >= 0.6 is 0 Å². The second-order valence-electron chi connectivity index (χ2n) is 5.18. The SMILES string of the molecule is COC(=O)c1cncnc1OCC1CCCC(C)C1. The van der Waals surface area contributed by atoms with Crippen LogP contribution in [0.15, 0.2) is 12.5 Å². The van der Waals surface area contributed by atoms with Crippen molar-refractivity contribution >= 4 is 5.97 Å². The molecule has 1 heterocycles. The average molecular weight is 264 g/mol. The maximum absolute atomic E-state index is 11.6. The summed E-state index contributed by atoms with van der Waals surface area (Å²) in [5, 5.41) is 0. The summed E-state index contributed by atoms with van der Waals surface area (Å²) in [4.78, 5) is 19.4. The molecule has 0 bridgehead atoms. The average Bonchev–Trinajstić information content (AvgIpc) is 2.45. The Balaban J connectivity index is 1.97. The second-order valence-corrected chi connectivity index (χ2v) is 5.18. The van der Waals surface area contributed by atoms with Crippen LogP contribution in [0.5, 0.6) is 5.88 Å². The van der Waals surface area contributed by atoms with Gasteiger partial charge in [0.15, 0.2) is 0 Å². The topological polar surface area (TPSA) is 61.3 Å². The Labute approximate surface area is 113 Å². The number of aromatic nitrogens is 2. The third kappa shape index (κ3) is 3.66. The minimum Gasteiger partial charge on any atom is -0.477 e. The molecular weight excluding hydrogens is 244 g/mol. The van der Waals surface area contributed by atoms with Gasteiger partial charge < -0.3 is 9.47 Å². The van der Waals surface area contributed by atoms with Crippen LogP contribution in [0, 0.1) is 11.8 Å². The molecule has 0 saturated heterocycles. The van der Waals surface area contributed by atoms with E-state index < -0.39 is 5.97 Å². The molecule has 1 saturated carbocycles. The lowest BCUT2D eigenvalue weighted by atomic mass is 9.83. The number of hydrogen-bond donors (Lipinski definition) is 0. The number of nitrogens with zero attached hydrogens (tertiary/aromatic N) is 2. The predicted octanol–water partition coefficient (Wildman–Crippen LogP) is 2.47. The van der Waals surface area contributed by atoms with Gasteiger partial charge in [-0.25, -0.2) is 14.8 Å². The van der Waals surface area contributed by atoms with Crippen molar-refractivity contribution < 1.29 is 14.3 Å². The van der Waals surface area contributed by atoms with Crippen LogP contribution in [0.25, 0.3) is 0 Å². The third-order valence-corrected chi connectivity index (χ3v) is 3.58. The summed E-state index contributed by atoms with van der Waals surface area (Å²) >= 11 is 0. The first-order chi connectivity index (χ1) is 9.20. The fraction of sp³-hybridized carbons (Fsp3) is 0.643. The monoisotopic (exact) mass is 264 g/mol. The van der Waals surface area contributed by atoms with Crippen LogP contribution in [-0.2, 0) is 4.74 Å². The molecule has 19 heavy (non-hydrogen) atoms. The molecule has 1 aromatic rings. The minimum absolute atomic E-state index is 0.286. The molecule has 0 amide bonds. The molecule has 1 aliphatic rings. The molecule has 1 aromatic heterocycles. The summed E-state index contributed by atoms with van der Waals surface area (Å²) in [6, 6.07) is 0. The number of carbonyl (C=O) groups excluding carboxylic acids is 1.